The number of carbonyl (C=O) groups excluding carboxylic acids is 1. The normalized spacial score (nSPS) is 10.3. The summed E-state index contributed by atoms with van der Waals surface area (Å²) in [6.45, 7) is 1.85. The van der Waals surface area contributed by atoms with Crippen molar-refractivity contribution in [1.29, 1.82) is 0 Å². The summed E-state index contributed by atoms with van der Waals surface area (Å²) in [7, 11) is 1.62. The minimum Gasteiger partial charge on any atom is -0.495 e. The molecule has 3 aromatic rings. The molecule has 6 heteroatoms. The summed E-state index contributed by atoms with van der Waals surface area (Å²) < 4.78 is 5.31. The molecule has 0 saturated heterocycles. The van der Waals surface area contributed by atoms with E-state index in [4.69, 9.17) is 16.3 Å². The van der Waals surface area contributed by atoms with Crippen molar-refractivity contribution in [2.24, 2.45) is 0 Å². The molecule has 0 radical (unpaired) electrons. The van der Waals surface area contributed by atoms with E-state index in [0.29, 0.717) is 16.4 Å². The van der Waals surface area contributed by atoms with Gasteiger partial charge in [-0.25, -0.2) is 4.98 Å². The fraction of sp³-hybridized carbons (Fsp3) is 0.100. The van der Waals surface area contributed by atoms with E-state index in [9.17, 15) is 4.79 Å². The quantitative estimate of drug-likeness (QED) is 0.662. The molecule has 1 amide bonds. The Labute approximate surface area is 157 Å². The topological polar surface area (TPSA) is 63.2 Å². The Morgan fingerprint density at radius 3 is 2.54 bits per heavy atom. The third-order valence-electron chi connectivity index (χ3n) is 3.90. The lowest BCUT2D eigenvalue weighted by atomic mass is 10.2. The fourth-order valence-electron chi connectivity index (χ4n) is 2.43. The summed E-state index contributed by atoms with van der Waals surface area (Å²) in [5.74, 6) is 0.435. The molecular weight excluding hydrogens is 350 g/mol. The van der Waals surface area contributed by atoms with Gasteiger partial charge in [-0.2, -0.15) is 0 Å². The number of nitrogens with one attached hydrogen (secondary N) is 2. The number of anilines is 3. The molecule has 0 aliphatic carbocycles. The maximum atomic E-state index is 12.4. The van der Waals surface area contributed by atoms with Crippen molar-refractivity contribution in [2.45, 2.75) is 6.92 Å². The minimum atomic E-state index is -0.292. The molecule has 0 unspecified atom stereocenters. The third-order valence-corrected chi connectivity index (χ3v) is 4.31. The van der Waals surface area contributed by atoms with E-state index in [1.807, 2.05) is 31.2 Å². The van der Waals surface area contributed by atoms with E-state index >= 15 is 0 Å². The maximum absolute atomic E-state index is 12.4. The molecule has 5 nitrogen and oxygen atoms in total. The van der Waals surface area contributed by atoms with Crippen molar-refractivity contribution >= 4 is 34.6 Å². The van der Waals surface area contributed by atoms with Crippen LogP contribution in [-0.4, -0.2) is 18.0 Å². The predicted octanol–water partition coefficient (Wildman–Crippen LogP) is 5.05. The second-order valence-electron chi connectivity index (χ2n) is 5.62. The van der Waals surface area contributed by atoms with Gasteiger partial charge in [0.2, 0.25) is 0 Å². The van der Waals surface area contributed by atoms with Gasteiger partial charge in [0.15, 0.2) is 0 Å². The zero-order chi connectivity index (χ0) is 18.5. The highest BCUT2D eigenvalue weighted by Crippen LogP contribution is 2.27. The summed E-state index contributed by atoms with van der Waals surface area (Å²) in [5, 5.41) is 6.65. The number of hydrogen-bond donors (Lipinski definition) is 2. The van der Waals surface area contributed by atoms with Crippen LogP contribution in [0.3, 0.4) is 0 Å². The van der Waals surface area contributed by atoms with E-state index in [1.54, 1.807) is 43.6 Å². The summed E-state index contributed by atoms with van der Waals surface area (Å²) >= 11 is 6.08. The van der Waals surface area contributed by atoms with Crippen molar-refractivity contribution in [2.75, 3.05) is 17.7 Å². The highest BCUT2D eigenvalue weighted by molar-refractivity contribution is 6.31. The second-order valence-corrected chi connectivity index (χ2v) is 6.03. The van der Waals surface area contributed by atoms with Crippen LogP contribution in [0.15, 0.2) is 60.8 Å². The van der Waals surface area contributed by atoms with Crippen LogP contribution < -0.4 is 15.4 Å². The summed E-state index contributed by atoms with van der Waals surface area (Å²) in [4.78, 5) is 16.6. The highest BCUT2D eigenvalue weighted by atomic mass is 35.5. The first-order chi connectivity index (χ1) is 12.6. The Morgan fingerprint density at radius 1 is 1.04 bits per heavy atom. The molecule has 26 heavy (non-hydrogen) atoms. The van der Waals surface area contributed by atoms with E-state index in [0.717, 1.165) is 22.7 Å². The first kappa shape index (κ1) is 17.8. The van der Waals surface area contributed by atoms with Crippen LogP contribution in [0.5, 0.6) is 5.75 Å². The van der Waals surface area contributed by atoms with Gasteiger partial charge in [-0.3, -0.25) is 4.79 Å². The van der Waals surface area contributed by atoms with Crippen LogP contribution in [0.1, 0.15) is 16.1 Å². The molecule has 1 heterocycles. The minimum absolute atomic E-state index is 0.292. The van der Waals surface area contributed by atoms with E-state index in [-0.39, 0.29) is 5.91 Å². The lowest BCUT2D eigenvalue weighted by molar-refractivity contribution is 0.102. The lowest BCUT2D eigenvalue weighted by Gasteiger charge is -2.11. The Balaban J connectivity index is 1.73. The lowest BCUT2D eigenvalue weighted by Crippen LogP contribution is -2.14. The van der Waals surface area contributed by atoms with Gasteiger partial charge in [0.25, 0.3) is 5.91 Å². The van der Waals surface area contributed by atoms with Crippen molar-refractivity contribution in [3.63, 3.8) is 0 Å². The van der Waals surface area contributed by atoms with E-state index < -0.39 is 0 Å². The number of pyridine rings is 1. The van der Waals surface area contributed by atoms with E-state index in [1.165, 1.54) is 0 Å². The number of benzene rings is 2. The van der Waals surface area contributed by atoms with Crippen LogP contribution in [0.2, 0.25) is 5.02 Å². The molecule has 132 valence electrons. The smallest absolute Gasteiger partial charge is 0.274 e. The van der Waals surface area contributed by atoms with Crippen LogP contribution in [-0.2, 0) is 0 Å². The number of carbonyl (C=O) groups is 1. The first-order valence-corrected chi connectivity index (χ1v) is 8.39. The van der Waals surface area contributed by atoms with Gasteiger partial charge >= 0.3 is 0 Å². The third kappa shape index (κ3) is 3.95. The number of methoxy groups -OCH3 is 1. The fourth-order valence-corrected chi connectivity index (χ4v) is 2.61. The Kier molecular flexibility index (Phi) is 5.39. The summed E-state index contributed by atoms with van der Waals surface area (Å²) in [6.07, 6.45) is 1.60. The molecule has 0 spiro atoms. The zero-order valence-corrected chi connectivity index (χ0v) is 15.2. The van der Waals surface area contributed by atoms with Crippen LogP contribution >= 0.6 is 11.6 Å². The molecule has 0 bridgehead atoms. The molecule has 0 aliphatic heterocycles. The molecule has 0 saturated carbocycles. The monoisotopic (exact) mass is 367 g/mol. The van der Waals surface area contributed by atoms with Gasteiger partial charge in [0, 0.05) is 10.7 Å². The number of aromatic nitrogens is 1. The number of hydrogen-bond acceptors (Lipinski definition) is 4. The largest absolute Gasteiger partial charge is 0.495 e. The highest BCUT2D eigenvalue weighted by Gasteiger charge is 2.11. The van der Waals surface area contributed by atoms with Gasteiger partial charge in [-0.15, -0.1) is 0 Å². The molecule has 2 aromatic carbocycles. The molecule has 0 aliphatic rings. The number of halogens is 1. The standard InChI is InChI=1S/C20H18ClN3O2/c1-13-15(21)6-5-8-16(13)24-20(25)18-11-10-14(12-22-18)23-17-7-3-4-9-19(17)26-2/h3-12,23H,1-2H3,(H,24,25). The van der Waals surface area contributed by atoms with Crippen LogP contribution in [0, 0.1) is 6.92 Å². The average Bonchev–Trinajstić information content (AvgIpc) is 2.66. The maximum Gasteiger partial charge on any atom is 0.274 e. The van der Waals surface area contributed by atoms with Gasteiger partial charge in [0.05, 0.1) is 24.7 Å². The molecule has 0 fully saturated rings. The van der Waals surface area contributed by atoms with Gasteiger partial charge in [0.1, 0.15) is 11.4 Å². The van der Waals surface area contributed by atoms with Crippen molar-refractivity contribution in [3.05, 3.63) is 77.1 Å². The molecule has 0 atom stereocenters. The molecule has 1 aromatic heterocycles. The predicted molar refractivity (Wildman–Crippen MR) is 105 cm³/mol. The SMILES string of the molecule is COc1ccccc1Nc1ccc(C(=O)Nc2cccc(Cl)c2C)nc1. The molecule has 2 N–H and O–H groups in total. The average molecular weight is 368 g/mol. The van der Waals surface area contributed by atoms with Crippen LogP contribution in [0.25, 0.3) is 0 Å². The van der Waals surface area contributed by atoms with Crippen molar-refractivity contribution in [1.82, 2.24) is 4.98 Å². The van der Waals surface area contributed by atoms with Crippen LogP contribution in [0.4, 0.5) is 17.1 Å². The van der Waals surface area contributed by atoms with Gasteiger partial charge < -0.3 is 15.4 Å². The second kappa shape index (κ2) is 7.89. The summed E-state index contributed by atoms with van der Waals surface area (Å²) in [6, 6.07) is 16.4. The number of rotatable bonds is 5. The zero-order valence-electron chi connectivity index (χ0n) is 14.4. The number of para-hydroxylation sites is 2. The van der Waals surface area contributed by atoms with Crippen molar-refractivity contribution in [3.8, 4) is 5.75 Å². The number of ether oxygens (including phenoxy) is 1. The Hall–Kier alpha value is -3.05. The van der Waals surface area contributed by atoms with Gasteiger partial charge in [-0.1, -0.05) is 29.8 Å². The van der Waals surface area contributed by atoms with Crippen molar-refractivity contribution < 1.29 is 9.53 Å². The van der Waals surface area contributed by atoms with E-state index in [2.05, 4.69) is 15.6 Å². The molecule has 3 rings (SSSR count). The Morgan fingerprint density at radius 2 is 1.81 bits per heavy atom. The van der Waals surface area contributed by atoms with Gasteiger partial charge in [-0.05, 0) is 48.9 Å². The number of nitrogens with zero attached hydrogens (tertiary/aromatic N) is 1. The summed E-state index contributed by atoms with van der Waals surface area (Å²) in [5.41, 5.74) is 3.38. The molecular formula is C20H18ClN3O2. The first-order valence-electron chi connectivity index (χ1n) is 8.01. The Bertz CT molecular complexity index is 927. The number of amides is 1.